The molecule has 4 nitrogen and oxygen atoms in total. The van der Waals surface area contributed by atoms with Crippen molar-refractivity contribution in [1.29, 1.82) is 0 Å². The third-order valence-corrected chi connectivity index (χ3v) is 3.19. The molecule has 0 atom stereocenters. The Morgan fingerprint density at radius 1 is 0.833 bits per heavy atom. The Kier molecular flexibility index (Phi) is 2.88. The summed E-state index contributed by atoms with van der Waals surface area (Å²) in [5.74, 6) is 0. The lowest BCUT2D eigenvalue weighted by molar-refractivity contribution is 0.540. The molecule has 0 aromatic carbocycles. The molecule has 0 saturated carbocycles. The van der Waals surface area contributed by atoms with E-state index in [1.54, 1.807) is 0 Å². The molecule has 66 valence electrons. The highest BCUT2D eigenvalue weighted by atomic mass is 15.3. The molecule has 1 rings (SSSR count). The minimum absolute atomic E-state index is 0.0335. The Hall–Kier alpha value is 0.0348. The standard InChI is InChI=1S/C5H17B3N4/c1-6-10(3)7(2)12(5)8(9)11(6)4/h9H2,1-5H3. The Balaban J connectivity index is 2.76. The Bertz CT molecular complexity index is 110. The van der Waals surface area contributed by atoms with E-state index in [0.717, 1.165) is 0 Å². The highest BCUT2D eigenvalue weighted by Gasteiger charge is 2.42. The van der Waals surface area contributed by atoms with Crippen LogP contribution in [0.15, 0.2) is 0 Å². The molecule has 1 aliphatic heterocycles. The Morgan fingerprint density at radius 2 is 1.17 bits per heavy atom. The van der Waals surface area contributed by atoms with Crippen molar-refractivity contribution in [2.75, 3.05) is 21.1 Å². The monoisotopic (exact) mass is 166 g/mol. The second kappa shape index (κ2) is 3.42. The molecular formula is C5H17B3N4. The number of rotatable bonds is 0. The van der Waals surface area contributed by atoms with Gasteiger partial charge in [-0.15, -0.1) is 0 Å². The second-order valence-corrected chi connectivity index (χ2v) is 3.67. The summed E-state index contributed by atoms with van der Waals surface area (Å²) in [6, 6.07) is 0. The van der Waals surface area contributed by atoms with Crippen LogP contribution in [0, 0.1) is 0 Å². The first-order chi connectivity index (χ1) is 5.46. The predicted molar refractivity (Wildman–Crippen MR) is 56.5 cm³/mol. The summed E-state index contributed by atoms with van der Waals surface area (Å²) in [7, 11) is 6.25. The lowest BCUT2D eigenvalue weighted by Gasteiger charge is -2.46. The maximum absolute atomic E-state index is 5.99. The molecule has 0 amide bonds. The van der Waals surface area contributed by atoms with Gasteiger partial charge in [-0.2, -0.15) is 0 Å². The van der Waals surface area contributed by atoms with E-state index in [0.29, 0.717) is 14.0 Å². The van der Waals surface area contributed by atoms with Crippen LogP contribution in [0.3, 0.4) is 0 Å². The van der Waals surface area contributed by atoms with Crippen LogP contribution in [0.25, 0.3) is 0 Å². The van der Waals surface area contributed by atoms with Gasteiger partial charge in [-0.05, 0) is 21.1 Å². The van der Waals surface area contributed by atoms with E-state index in [9.17, 15) is 0 Å². The van der Waals surface area contributed by atoms with Gasteiger partial charge in [0.1, 0.15) is 0 Å². The fourth-order valence-corrected chi connectivity index (χ4v) is 1.62. The smallest absolute Gasteiger partial charge is 0.360 e. The van der Waals surface area contributed by atoms with Crippen molar-refractivity contribution in [3.05, 3.63) is 0 Å². The normalized spacial score (nSPS) is 24.0. The largest absolute Gasteiger partial charge is 0.376 e. The summed E-state index contributed by atoms with van der Waals surface area (Å²) < 4.78 is 6.60. The molecule has 1 heterocycles. The minimum Gasteiger partial charge on any atom is -0.360 e. The van der Waals surface area contributed by atoms with Gasteiger partial charge in [0.05, 0.1) is 0 Å². The van der Waals surface area contributed by atoms with Crippen LogP contribution in [-0.2, 0) is 0 Å². The van der Waals surface area contributed by atoms with Crippen molar-refractivity contribution >= 4 is 21.1 Å². The average Bonchev–Trinajstić information content (AvgIpc) is 2.08. The molecule has 0 radical (unpaired) electrons. The first kappa shape index (κ1) is 10.1. The molecule has 2 N–H and O–H groups in total. The van der Waals surface area contributed by atoms with Gasteiger partial charge in [-0.1, -0.05) is 13.6 Å². The molecule has 0 aromatic rings. The molecule has 0 aromatic heterocycles. The molecule has 7 heteroatoms. The third-order valence-electron chi connectivity index (χ3n) is 3.19. The van der Waals surface area contributed by atoms with Crippen molar-refractivity contribution in [2.45, 2.75) is 13.6 Å². The minimum atomic E-state index is 0.0335. The average molecular weight is 166 g/mol. The molecule has 1 saturated heterocycles. The molecule has 0 bridgehead atoms. The molecule has 12 heavy (non-hydrogen) atoms. The molecule has 0 aliphatic carbocycles. The van der Waals surface area contributed by atoms with Gasteiger partial charge in [0.15, 0.2) is 0 Å². The van der Waals surface area contributed by atoms with Crippen molar-refractivity contribution in [3.63, 3.8) is 0 Å². The quantitative estimate of drug-likeness (QED) is 0.466. The maximum atomic E-state index is 5.99. The van der Waals surface area contributed by atoms with Crippen LogP contribution >= 0.6 is 0 Å². The van der Waals surface area contributed by atoms with Crippen LogP contribution in [-0.4, -0.2) is 56.4 Å². The van der Waals surface area contributed by atoms with E-state index in [2.05, 4.69) is 34.9 Å². The molecule has 0 unspecified atom stereocenters. The first-order valence-corrected chi connectivity index (χ1v) is 4.38. The number of nitrogens with two attached hydrogens (primary N) is 1. The van der Waals surface area contributed by atoms with Crippen LogP contribution in [0.1, 0.15) is 0 Å². The first-order valence-electron chi connectivity index (χ1n) is 4.38. The van der Waals surface area contributed by atoms with Crippen molar-refractivity contribution in [3.8, 4) is 0 Å². The highest BCUT2D eigenvalue weighted by Crippen LogP contribution is 2.11. The topological polar surface area (TPSA) is 35.7 Å². The van der Waals surface area contributed by atoms with Crippen LogP contribution in [0.5, 0.6) is 0 Å². The summed E-state index contributed by atoms with van der Waals surface area (Å²) in [5.41, 5.74) is 5.99. The van der Waals surface area contributed by atoms with Crippen LogP contribution in [0.2, 0.25) is 13.6 Å². The van der Waals surface area contributed by atoms with Gasteiger partial charge in [0, 0.05) is 0 Å². The fraction of sp³-hybridized carbons (Fsp3) is 1.00. The fourth-order valence-electron chi connectivity index (χ4n) is 1.62. The summed E-state index contributed by atoms with van der Waals surface area (Å²) in [5, 5.41) is 0. The lowest BCUT2D eigenvalue weighted by atomic mass is 9.49. The molecule has 0 spiro atoms. The summed E-state index contributed by atoms with van der Waals surface area (Å²) in [6.45, 7) is 5.16. The van der Waals surface area contributed by atoms with Gasteiger partial charge in [-0.3, -0.25) is 0 Å². The zero-order chi connectivity index (χ0) is 9.46. The van der Waals surface area contributed by atoms with Gasteiger partial charge in [0.2, 0.25) is 0 Å². The second-order valence-electron chi connectivity index (χ2n) is 3.67. The zero-order valence-corrected chi connectivity index (χ0v) is 8.65. The van der Waals surface area contributed by atoms with Crippen LogP contribution in [0.4, 0.5) is 0 Å². The van der Waals surface area contributed by atoms with E-state index >= 15 is 0 Å². The zero-order valence-electron chi connectivity index (χ0n) is 8.65. The lowest BCUT2D eigenvalue weighted by Crippen LogP contribution is -2.76. The third kappa shape index (κ3) is 1.42. The summed E-state index contributed by atoms with van der Waals surface area (Å²) in [4.78, 5) is 0. The van der Waals surface area contributed by atoms with E-state index in [1.807, 2.05) is 14.1 Å². The number of hydrogen-bond donors (Lipinski definition) is 1. The van der Waals surface area contributed by atoms with E-state index in [-0.39, 0.29) is 7.12 Å². The highest BCUT2D eigenvalue weighted by molar-refractivity contribution is 6.84. The van der Waals surface area contributed by atoms with Gasteiger partial charge < -0.3 is 19.8 Å². The van der Waals surface area contributed by atoms with Crippen molar-refractivity contribution < 1.29 is 0 Å². The SMILES string of the molecule is CB1N(C)B(C)N(C)B(N)N1C. The molecule has 1 fully saturated rings. The van der Waals surface area contributed by atoms with Gasteiger partial charge in [-0.25, -0.2) is 0 Å². The molecule has 1 aliphatic rings. The van der Waals surface area contributed by atoms with E-state index in [4.69, 9.17) is 5.64 Å². The maximum Gasteiger partial charge on any atom is 0.376 e. The van der Waals surface area contributed by atoms with Gasteiger partial charge in [0.25, 0.3) is 14.0 Å². The van der Waals surface area contributed by atoms with Crippen molar-refractivity contribution in [2.24, 2.45) is 5.64 Å². The predicted octanol–water partition coefficient (Wildman–Crippen LogP) is -1.02. The van der Waals surface area contributed by atoms with Crippen molar-refractivity contribution in [1.82, 2.24) is 14.2 Å². The van der Waals surface area contributed by atoms with E-state index in [1.165, 1.54) is 0 Å². The number of nitrogens with zero attached hydrogens (tertiary/aromatic N) is 3. The summed E-state index contributed by atoms with van der Waals surface area (Å²) in [6.07, 6.45) is 0. The molecular weight excluding hydrogens is 149 g/mol. The van der Waals surface area contributed by atoms with Gasteiger partial charge >= 0.3 is 7.12 Å². The summed E-state index contributed by atoms with van der Waals surface area (Å²) >= 11 is 0. The Labute approximate surface area is 76.4 Å². The Morgan fingerprint density at radius 3 is 1.50 bits per heavy atom. The number of hydrogen-bond acceptors (Lipinski definition) is 4. The van der Waals surface area contributed by atoms with E-state index < -0.39 is 0 Å². The van der Waals surface area contributed by atoms with Crippen LogP contribution < -0.4 is 5.64 Å².